The topological polar surface area (TPSA) is 98.2 Å². The van der Waals surface area contributed by atoms with Crippen LogP contribution in [0.25, 0.3) is 0 Å². The molecule has 2 aliphatic rings. The fourth-order valence-corrected chi connectivity index (χ4v) is 3.85. The van der Waals surface area contributed by atoms with Gasteiger partial charge in [-0.2, -0.15) is 0 Å². The third kappa shape index (κ3) is 6.81. The molecular weight excluding hydrogens is 386 g/mol. The van der Waals surface area contributed by atoms with Gasteiger partial charge in [-0.1, -0.05) is 31.4 Å². The van der Waals surface area contributed by atoms with Crippen molar-refractivity contribution in [2.75, 3.05) is 26.3 Å². The van der Waals surface area contributed by atoms with Crippen LogP contribution in [0.15, 0.2) is 24.3 Å². The van der Waals surface area contributed by atoms with Crippen molar-refractivity contribution in [1.82, 2.24) is 10.6 Å². The van der Waals surface area contributed by atoms with Crippen molar-refractivity contribution < 1.29 is 28.8 Å². The maximum Gasteiger partial charge on any atom is 0.338 e. The quantitative estimate of drug-likeness (QED) is 0.594. The number of esters is 1. The molecule has 0 spiro atoms. The number of carbonyl (C=O) groups is 3. The number of amides is 3. The van der Waals surface area contributed by atoms with E-state index in [1.54, 1.807) is 12.1 Å². The summed E-state index contributed by atoms with van der Waals surface area (Å²) < 4.78 is 10.6. The van der Waals surface area contributed by atoms with E-state index in [4.69, 9.17) is 9.47 Å². The van der Waals surface area contributed by atoms with Crippen molar-refractivity contribution in [2.45, 2.75) is 57.7 Å². The third-order valence-corrected chi connectivity index (χ3v) is 5.67. The van der Waals surface area contributed by atoms with Gasteiger partial charge >= 0.3 is 12.0 Å². The lowest BCUT2D eigenvalue weighted by Crippen LogP contribution is -3.12. The van der Waals surface area contributed by atoms with Gasteiger partial charge in [0.15, 0.2) is 6.10 Å². The lowest BCUT2D eigenvalue weighted by molar-refractivity contribution is -0.921. The van der Waals surface area contributed by atoms with E-state index in [1.807, 2.05) is 12.1 Å². The van der Waals surface area contributed by atoms with Gasteiger partial charge in [0.2, 0.25) is 0 Å². The number of hydrogen-bond donors (Lipinski definition) is 3. The number of quaternary nitrogens is 1. The number of rotatable bonds is 6. The number of urea groups is 1. The Kier molecular flexibility index (Phi) is 8.21. The SMILES string of the molecule is C[C@H](OC(=O)c1ccc(C[NH+]2CCOCC2)cc1)C(=O)NC(=O)NC1CCCCC1. The van der Waals surface area contributed by atoms with Gasteiger partial charge in [-0.3, -0.25) is 10.1 Å². The maximum absolute atomic E-state index is 12.3. The minimum Gasteiger partial charge on any atom is -0.449 e. The smallest absolute Gasteiger partial charge is 0.338 e. The first-order valence-electron chi connectivity index (χ1n) is 10.8. The van der Waals surface area contributed by atoms with Gasteiger partial charge in [-0.15, -0.1) is 0 Å². The van der Waals surface area contributed by atoms with Crippen LogP contribution in [0, 0.1) is 0 Å². The number of carbonyl (C=O) groups excluding carboxylic acids is 3. The van der Waals surface area contributed by atoms with Crippen LogP contribution in [0.5, 0.6) is 0 Å². The predicted molar refractivity (Wildman–Crippen MR) is 110 cm³/mol. The number of ether oxygens (including phenoxy) is 2. The lowest BCUT2D eigenvalue weighted by atomic mass is 9.96. The standard InChI is InChI=1S/C22H31N3O5/c1-16(20(26)24-22(28)23-19-5-3-2-4-6-19)30-21(27)18-9-7-17(8-10-18)15-25-11-13-29-14-12-25/h7-10,16,19H,2-6,11-15H2,1H3,(H2,23,24,26,28)/p+1/t16-/m0/s1. The van der Waals surface area contributed by atoms with Crippen LogP contribution in [0.4, 0.5) is 4.79 Å². The highest BCUT2D eigenvalue weighted by Crippen LogP contribution is 2.17. The Morgan fingerprint density at radius 1 is 1.10 bits per heavy atom. The van der Waals surface area contributed by atoms with Crippen molar-refractivity contribution in [1.29, 1.82) is 0 Å². The highest BCUT2D eigenvalue weighted by Gasteiger charge is 2.23. The molecule has 164 valence electrons. The van der Waals surface area contributed by atoms with Crippen LogP contribution in [-0.4, -0.2) is 56.4 Å². The molecule has 0 unspecified atom stereocenters. The molecule has 1 aromatic carbocycles. The Balaban J connectivity index is 1.43. The van der Waals surface area contributed by atoms with Crippen molar-refractivity contribution >= 4 is 17.9 Å². The molecule has 1 aliphatic heterocycles. The number of benzene rings is 1. The maximum atomic E-state index is 12.3. The summed E-state index contributed by atoms with van der Waals surface area (Å²) in [5.41, 5.74) is 1.51. The minimum atomic E-state index is -1.06. The number of hydrogen-bond acceptors (Lipinski definition) is 5. The highest BCUT2D eigenvalue weighted by atomic mass is 16.5. The molecule has 1 atom stereocenters. The number of imide groups is 1. The van der Waals surface area contributed by atoms with E-state index in [-0.39, 0.29) is 6.04 Å². The normalized spacial score (nSPS) is 19.0. The summed E-state index contributed by atoms with van der Waals surface area (Å²) in [6.45, 7) is 5.84. The summed E-state index contributed by atoms with van der Waals surface area (Å²) in [4.78, 5) is 38.0. The van der Waals surface area contributed by atoms with Crippen molar-refractivity contribution in [3.63, 3.8) is 0 Å². The first kappa shape index (κ1) is 22.2. The van der Waals surface area contributed by atoms with Gasteiger partial charge in [0.25, 0.3) is 5.91 Å². The van der Waals surface area contributed by atoms with Crippen LogP contribution in [0.2, 0.25) is 0 Å². The van der Waals surface area contributed by atoms with Crippen LogP contribution < -0.4 is 15.5 Å². The van der Waals surface area contributed by atoms with Crippen molar-refractivity contribution in [3.05, 3.63) is 35.4 Å². The Labute approximate surface area is 177 Å². The molecule has 3 rings (SSSR count). The van der Waals surface area contributed by atoms with Crippen LogP contribution >= 0.6 is 0 Å². The Morgan fingerprint density at radius 2 is 1.77 bits per heavy atom. The van der Waals surface area contributed by atoms with Gasteiger partial charge in [-0.05, 0) is 31.9 Å². The minimum absolute atomic E-state index is 0.0993. The molecule has 0 radical (unpaired) electrons. The molecule has 1 saturated carbocycles. The second-order valence-corrected chi connectivity index (χ2v) is 8.08. The number of nitrogens with one attached hydrogen (secondary N) is 3. The van der Waals surface area contributed by atoms with E-state index < -0.39 is 24.0 Å². The second kappa shape index (κ2) is 11.1. The molecule has 0 bridgehead atoms. The Hall–Kier alpha value is -2.45. The summed E-state index contributed by atoms with van der Waals surface area (Å²) in [5, 5.41) is 5.07. The van der Waals surface area contributed by atoms with Crippen molar-refractivity contribution in [2.24, 2.45) is 0 Å². The van der Waals surface area contributed by atoms with Crippen LogP contribution in [0.3, 0.4) is 0 Å². The molecule has 1 aromatic rings. The molecule has 0 aromatic heterocycles. The molecule has 30 heavy (non-hydrogen) atoms. The fourth-order valence-electron chi connectivity index (χ4n) is 3.85. The molecule has 1 heterocycles. The Bertz CT molecular complexity index is 725. The average molecular weight is 419 g/mol. The summed E-state index contributed by atoms with van der Waals surface area (Å²) in [6.07, 6.45) is 4.14. The third-order valence-electron chi connectivity index (χ3n) is 5.67. The largest absolute Gasteiger partial charge is 0.449 e. The zero-order valence-electron chi connectivity index (χ0n) is 17.6. The summed E-state index contributed by atoms with van der Waals surface area (Å²) in [5.74, 6) is -1.22. The van der Waals surface area contributed by atoms with E-state index in [0.717, 1.165) is 64.1 Å². The molecule has 8 nitrogen and oxygen atoms in total. The zero-order valence-corrected chi connectivity index (χ0v) is 17.6. The summed E-state index contributed by atoms with van der Waals surface area (Å²) >= 11 is 0. The van der Waals surface area contributed by atoms with Crippen LogP contribution in [0.1, 0.15) is 54.9 Å². The molecule has 1 saturated heterocycles. The van der Waals surface area contributed by atoms with Gasteiger partial charge < -0.3 is 19.7 Å². The molecule has 3 N–H and O–H groups in total. The molecule has 2 fully saturated rings. The van der Waals surface area contributed by atoms with E-state index in [1.165, 1.54) is 18.2 Å². The van der Waals surface area contributed by atoms with Gasteiger partial charge in [0.1, 0.15) is 19.6 Å². The van der Waals surface area contributed by atoms with E-state index in [2.05, 4.69) is 10.6 Å². The monoisotopic (exact) mass is 418 g/mol. The fraction of sp³-hybridized carbons (Fsp3) is 0.591. The highest BCUT2D eigenvalue weighted by molar-refractivity contribution is 5.98. The van der Waals surface area contributed by atoms with Gasteiger partial charge in [-0.25, -0.2) is 9.59 Å². The van der Waals surface area contributed by atoms with Crippen LogP contribution in [-0.2, 0) is 20.8 Å². The van der Waals surface area contributed by atoms with Crippen molar-refractivity contribution in [3.8, 4) is 0 Å². The second-order valence-electron chi connectivity index (χ2n) is 8.08. The van der Waals surface area contributed by atoms with E-state index in [9.17, 15) is 14.4 Å². The lowest BCUT2D eigenvalue weighted by Gasteiger charge is -2.23. The number of morpholine rings is 1. The molecular formula is C22H32N3O5+. The van der Waals surface area contributed by atoms with Gasteiger partial charge in [0, 0.05) is 11.6 Å². The summed E-state index contributed by atoms with van der Waals surface area (Å²) in [7, 11) is 0. The molecule has 1 aliphatic carbocycles. The Morgan fingerprint density at radius 3 is 2.43 bits per heavy atom. The van der Waals surface area contributed by atoms with E-state index >= 15 is 0 Å². The van der Waals surface area contributed by atoms with Gasteiger partial charge in [0.05, 0.1) is 18.8 Å². The van der Waals surface area contributed by atoms with E-state index in [0.29, 0.717) is 5.56 Å². The first-order valence-corrected chi connectivity index (χ1v) is 10.8. The first-order chi connectivity index (χ1) is 14.5. The molecule has 3 amide bonds. The zero-order chi connectivity index (χ0) is 21.3. The predicted octanol–water partition coefficient (Wildman–Crippen LogP) is 0.806. The summed E-state index contributed by atoms with van der Waals surface area (Å²) in [6, 6.07) is 6.78. The average Bonchev–Trinajstić information content (AvgIpc) is 2.75. The molecule has 8 heteroatoms.